The predicted molar refractivity (Wildman–Crippen MR) is 186 cm³/mol. The zero-order valence-corrected chi connectivity index (χ0v) is 29.7. The summed E-state index contributed by atoms with van der Waals surface area (Å²) in [5.74, 6) is -2.63. The van der Waals surface area contributed by atoms with Gasteiger partial charge >= 0.3 is 5.97 Å². The number of aryl methyl sites for hydroxylation is 2. The van der Waals surface area contributed by atoms with E-state index in [0.29, 0.717) is 5.76 Å². The lowest BCUT2D eigenvalue weighted by Crippen LogP contribution is -2.52. The quantitative estimate of drug-likeness (QED) is 0.162. The Bertz CT molecular complexity index is 2000. The smallest absolute Gasteiger partial charge is 0.341 e. The molecule has 1 aliphatic rings. The Kier molecular flexibility index (Phi) is 11.6. The number of aromatic nitrogens is 2. The minimum absolute atomic E-state index is 0.0352. The molecule has 0 spiro atoms. The van der Waals surface area contributed by atoms with Crippen LogP contribution in [0.1, 0.15) is 63.5 Å². The van der Waals surface area contributed by atoms with Crippen LogP contribution in [0.3, 0.4) is 0 Å². The van der Waals surface area contributed by atoms with Gasteiger partial charge in [-0.3, -0.25) is 4.79 Å². The Morgan fingerprint density at radius 3 is 1.80 bits per heavy atom. The molecule has 268 valence electrons. The molecule has 5 aromatic rings. The average Bonchev–Trinajstić information content (AvgIpc) is 3.65. The molecule has 0 unspecified atom stereocenters. The summed E-state index contributed by atoms with van der Waals surface area (Å²) < 4.78 is 51.4. The van der Waals surface area contributed by atoms with E-state index in [0.717, 1.165) is 37.7 Å². The van der Waals surface area contributed by atoms with E-state index in [1.165, 1.54) is 49.4 Å². The molecule has 2 aromatic heterocycles. The second kappa shape index (κ2) is 15.7. The first-order valence-electron chi connectivity index (χ1n) is 16.0. The first-order valence-corrected chi connectivity index (χ1v) is 16.8. The lowest BCUT2D eigenvalue weighted by atomic mass is 9.74. The van der Waals surface area contributed by atoms with Crippen LogP contribution < -0.4 is 5.32 Å². The largest absolute Gasteiger partial charge is 0.477 e. The molecule has 0 bridgehead atoms. The van der Waals surface area contributed by atoms with E-state index in [-0.39, 0.29) is 72.8 Å². The fourth-order valence-electron chi connectivity index (χ4n) is 6.37. The van der Waals surface area contributed by atoms with E-state index < -0.39 is 17.6 Å². The minimum atomic E-state index is -1.24. The van der Waals surface area contributed by atoms with Gasteiger partial charge in [0.2, 0.25) is 0 Å². The van der Waals surface area contributed by atoms with Crippen LogP contribution in [0.25, 0.3) is 22.5 Å². The molecule has 0 radical (unpaired) electrons. The Labute approximate surface area is 302 Å². The van der Waals surface area contributed by atoms with Gasteiger partial charge in [0.15, 0.2) is 0 Å². The summed E-state index contributed by atoms with van der Waals surface area (Å²) in [4.78, 5) is 26.5. The van der Waals surface area contributed by atoms with Crippen molar-refractivity contribution < 1.29 is 36.9 Å². The van der Waals surface area contributed by atoms with Crippen molar-refractivity contribution in [3.63, 3.8) is 0 Å². The maximum absolute atomic E-state index is 14.5. The number of carbonyl (C=O) groups excluding carboxylic acids is 1. The average molecular weight is 744 g/mol. The Balaban J connectivity index is 0.000000248. The van der Waals surface area contributed by atoms with Crippen molar-refractivity contribution in [1.82, 2.24) is 20.5 Å². The molecule has 6 rings (SSSR count). The number of carboxylic acid groups (broad SMARTS) is 1. The summed E-state index contributed by atoms with van der Waals surface area (Å²) in [5.41, 5.74) is 1.02. The van der Waals surface area contributed by atoms with Crippen LogP contribution in [0, 0.1) is 31.3 Å². The molecule has 0 atom stereocenters. The molecule has 1 amide bonds. The van der Waals surface area contributed by atoms with E-state index in [2.05, 4.69) is 34.6 Å². The first kappa shape index (κ1) is 37.6. The highest BCUT2D eigenvalue weighted by molar-refractivity contribution is 6.34. The van der Waals surface area contributed by atoms with Gasteiger partial charge in [0.1, 0.15) is 51.5 Å². The third-order valence-corrected chi connectivity index (χ3v) is 9.84. The fraction of sp³-hybridized carbons (Fsp3) is 0.297. The second-order valence-electron chi connectivity index (χ2n) is 12.6. The van der Waals surface area contributed by atoms with E-state index in [4.69, 9.17) is 37.4 Å². The predicted octanol–water partition coefficient (Wildman–Crippen LogP) is 8.94. The van der Waals surface area contributed by atoms with Gasteiger partial charge in [-0.2, -0.15) is 0 Å². The highest BCUT2D eigenvalue weighted by Gasteiger charge is 2.38. The van der Waals surface area contributed by atoms with Crippen molar-refractivity contribution >= 4 is 35.1 Å². The Hall–Kier alpha value is -4.65. The van der Waals surface area contributed by atoms with Crippen LogP contribution in [-0.4, -0.2) is 57.9 Å². The van der Waals surface area contributed by atoms with Crippen LogP contribution in [0.4, 0.5) is 13.2 Å². The van der Waals surface area contributed by atoms with Crippen molar-refractivity contribution in [1.29, 1.82) is 0 Å². The number of hydrogen-bond acceptors (Lipinski definition) is 7. The zero-order valence-electron chi connectivity index (χ0n) is 28.2. The summed E-state index contributed by atoms with van der Waals surface area (Å²) in [6.07, 6.45) is 4.12. The maximum Gasteiger partial charge on any atom is 0.341 e. The number of benzene rings is 3. The number of likely N-dealkylation sites (N-methyl/N-ethyl adjacent to an activating group) is 1. The van der Waals surface area contributed by atoms with E-state index >= 15 is 0 Å². The lowest BCUT2D eigenvalue weighted by molar-refractivity contribution is 0.0695. The third kappa shape index (κ3) is 8.14. The number of nitrogens with zero attached hydrogens (tertiary/aromatic N) is 3. The molecule has 1 fully saturated rings. The van der Waals surface area contributed by atoms with Gasteiger partial charge in [-0.15, -0.1) is 0 Å². The maximum atomic E-state index is 14.5. The summed E-state index contributed by atoms with van der Waals surface area (Å²) in [6.45, 7) is 3.06. The third-order valence-electron chi connectivity index (χ3n) is 9.21. The molecular weight excluding hydrogens is 708 g/mol. The SMILES string of the molecule is Cc1onc(-c2c(F)cccc2Cl)c1C(=O)NC1CCC(Cc2ccc(F)cc2)(N(C)C)CC1.Cc1onc(-c2c(F)cccc2Cl)c1C(=O)O. The van der Waals surface area contributed by atoms with Crippen molar-refractivity contribution in [3.05, 3.63) is 116 Å². The number of carbonyl (C=O) groups is 2. The molecule has 0 aliphatic heterocycles. The molecule has 3 aromatic carbocycles. The highest BCUT2D eigenvalue weighted by Crippen LogP contribution is 2.37. The van der Waals surface area contributed by atoms with Crippen LogP contribution in [0.2, 0.25) is 10.0 Å². The lowest BCUT2D eigenvalue weighted by Gasteiger charge is -2.45. The number of aromatic carboxylic acids is 1. The Morgan fingerprint density at radius 2 is 1.33 bits per heavy atom. The monoisotopic (exact) mass is 742 g/mol. The molecule has 1 saturated carbocycles. The molecule has 2 N–H and O–H groups in total. The van der Waals surface area contributed by atoms with Crippen LogP contribution in [0.15, 0.2) is 69.7 Å². The van der Waals surface area contributed by atoms with E-state index in [1.54, 1.807) is 13.0 Å². The standard InChI is InChI=1S/C26H28ClF2N3O2.C11H7ClFNO3/c1-16-22(24(31-34-16)23-20(27)5-4-6-21(23)29)25(33)30-19-11-13-26(14-12-19,32(2)3)15-17-7-9-18(28)10-8-17;1-5-8(11(15)16)10(14-17-5)9-6(12)3-2-4-7(9)13/h4-10,19H,11-15H2,1-3H3,(H,30,33);2-4H,1H3,(H,15,16). The van der Waals surface area contributed by atoms with Crippen molar-refractivity contribution in [2.45, 2.75) is 57.5 Å². The molecule has 2 heterocycles. The topological polar surface area (TPSA) is 122 Å². The molecule has 0 saturated heterocycles. The summed E-state index contributed by atoms with van der Waals surface area (Å²) in [5, 5.41) is 19.8. The summed E-state index contributed by atoms with van der Waals surface area (Å²) >= 11 is 12.0. The van der Waals surface area contributed by atoms with Crippen molar-refractivity contribution in [2.24, 2.45) is 0 Å². The van der Waals surface area contributed by atoms with Crippen LogP contribution >= 0.6 is 23.2 Å². The van der Waals surface area contributed by atoms with Gasteiger partial charge in [0, 0.05) is 11.6 Å². The molecule has 9 nitrogen and oxygen atoms in total. The van der Waals surface area contributed by atoms with Crippen molar-refractivity contribution in [3.8, 4) is 22.5 Å². The van der Waals surface area contributed by atoms with Gasteiger partial charge in [-0.1, -0.05) is 57.8 Å². The molecular formula is C37H35Cl2F3N4O5. The number of rotatable bonds is 8. The summed E-state index contributed by atoms with van der Waals surface area (Å²) in [6, 6.07) is 15.0. The normalized spacial score (nSPS) is 17.2. The molecule has 14 heteroatoms. The minimum Gasteiger partial charge on any atom is -0.477 e. The van der Waals surface area contributed by atoms with E-state index in [9.17, 15) is 22.8 Å². The van der Waals surface area contributed by atoms with Gasteiger partial charge in [-0.05, 0) is 102 Å². The second-order valence-corrected chi connectivity index (χ2v) is 13.4. The fourth-order valence-corrected chi connectivity index (χ4v) is 6.88. The van der Waals surface area contributed by atoms with Gasteiger partial charge in [-0.25, -0.2) is 18.0 Å². The number of hydrogen-bond donors (Lipinski definition) is 2. The number of nitrogens with one attached hydrogen (secondary N) is 1. The zero-order chi connectivity index (χ0) is 37.0. The number of halogens is 5. The van der Waals surface area contributed by atoms with E-state index in [1.807, 2.05) is 12.1 Å². The Morgan fingerprint density at radius 1 is 0.843 bits per heavy atom. The van der Waals surface area contributed by atoms with Gasteiger partial charge < -0.3 is 24.4 Å². The van der Waals surface area contributed by atoms with Crippen molar-refractivity contribution in [2.75, 3.05) is 14.1 Å². The highest BCUT2D eigenvalue weighted by atomic mass is 35.5. The molecule has 1 aliphatic carbocycles. The first-order chi connectivity index (χ1) is 24.2. The number of amides is 1. The molecule has 51 heavy (non-hydrogen) atoms. The van der Waals surface area contributed by atoms with Gasteiger partial charge in [0.25, 0.3) is 5.91 Å². The van der Waals surface area contributed by atoms with Crippen LogP contribution in [-0.2, 0) is 6.42 Å². The number of carboxylic acids is 1. The summed E-state index contributed by atoms with van der Waals surface area (Å²) in [7, 11) is 4.13. The van der Waals surface area contributed by atoms with Crippen LogP contribution in [0.5, 0.6) is 0 Å². The van der Waals surface area contributed by atoms with Gasteiger partial charge in [0.05, 0.1) is 21.2 Å².